The van der Waals surface area contributed by atoms with Gasteiger partial charge in [0, 0.05) is 11.8 Å². The zero-order valence-electron chi connectivity index (χ0n) is 11.5. The van der Waals surface area contributed by atoms with Gasteiger partial charge >= 0.3 is 5.97 Å². The molecule has 0 aliphatic heterocycles. The first-order valence-corrected chi connectivity index (χ1v) is 6.67. The number of unbranched alkanes of at least 4 members (excludes halogenated alkanes) is 1. The topological polar surface area (TPSA) is 70.4 Å². The molecule has 4 nitrogen and oxygen atoms in total. The molecule has 1 aromatic carbocycles. The van der Waals surface area contributed by atoms with Crippen molar-refractivity contribution in [1.82, 2.24) is 0 Å². The summed E-state index contributed by atoms with van der Waals surface area (Å²) in [6.07, 6.45) is 4.98. The van der Waals surface area contributed by atoms with Gasteiger partial charge in [0.1, 0.15) is 11.3 Å². The Morgan fingerprint density at radius 2 is 2.21 bits per heavy atom. The van der Waals surface area contributed by atoms with Crippen LogP contribution in [0.15, 0.2) is 18.2 Å². The molecule has 1 rings (SSSR count). The molecule has 0 fully saturated rings. The fourth-order valence-corrected chi connectivity index (χ4v) is 1.95. The molecule has 0 bridgehead atoms. The van der Waals surface area contributed by atoms with E-state index in [1.54, 1.807) is 18.2 Å². The van der Waals surface area contributed by atoms with Crippen molar-refractivity contribution in [2.45, 2.75) is 45.6 Å². The Balaban J connectivity index is 2.99. The number of carbonyl (C=O) groups is 1. The quantitative estimate of drug-likeness (QED) is 0.702. The van der Waals surface area contributed by atoms with Crippen LogP contribution in [0.5, 0.6) is 5.75 Å². The van der Waals surface area contributed by atoms with Crippen LogP contribution in [0.3, 0.4) is 0 Å². The lowest BCUT2D eigenvalue weighted by atomic mass is 10.1. The Hall–Kier alpha value is -1.84. The van der Waals surface area contributed by atoms with E-state index in [-0.39, 0.29) is 11.7 Å². The van der Waals surface area contributed by atoms with E-state index in [1.165, 1.54) is 0 Å². The van der Waals surface area contributed by atoms with Crippen LogP contribution >= 0.6 is 0 Å². The monoisotopic (exact) mass is 263 g/mol. The molecule has 0 amide bonds. The van der Waals surface area contributed by atoms with Gasteiger partial charge in [-0.15, -0.1) is 0 Å². The van der Waals surface area contributed by atoms with Crippen molar-refractivity contribution in [1.29, 1.82) is 5.41 Å². The minimum absolute atomic E-state index is 0.0269. The predicted molar refractivity (Wildman–Crippen MR) is 75.5 cm³/mol. The van der Waals surface area contributed by atoms with Gasteiger partial charge in [-0.3, -0.25) is 0 Å². The van der Waals surface area contributed by atoms with Crippen molar-refractivity contribution in [3.63, 3.8) is 0 Å². The number of carboxylic acid groups (broad SMARTS) is 1. The maximum absolute atomic E-state index is 11.3. The van der Waals surface area contributed by atoms with E-state index in [1.807, 2.05) is 6.92 Å². The molecule has 104 valence electrons. The van der Waals surface area contributed by atoms with Crippen molar-refractivity contribution in [2.24, 2.45) is 0 Å². The molecule has 0 spiro atoms. The van der Waals surface area contributed by atoms with Crippen LogP contribution in [-0.4, -0.2) is 23.4 Å². The van der Waals surface area contributed by atoms with E-state index in [0.29, 0.717) is 11.3 Å². The van der Waals surface area contributed by atoms with Gasteiger partial charge in [0.15, 0.2) is 0 Å². The number of nitrogens with one attached hydrogen (secondary N) is 1. The van der Waals surface area contributed by atoms with Crippen molar-refractivity contribution in [2.75, 3.05) is 0 Å². The zero-order valence-corrected chi connectivity index (χ0v) is 11.5. The highest BCUT2D eigenvalue weighted by Gasteiger charge is 2.18. The lowest BCUT2D eigenvalue weighted by Gasteiger charge is -2.19. The van der Waals surface area contributed by atoms with Crippen LogP contribution in [0.4, 0.5) is 0 Å². The van der Waals surface area contributed by atoms with Crippen LogP contribution in [0.2, 0.25) is 0 Å². The van der Waals surface area contributed by atoms with E-state index in [4.69, 9.17) is 10.1 Å². The summed E-state index contributed by atoms with van der Waals surface area (Å²) in [7, 11) is 0. The fraction of sp³-hybridized carbons (Fsp3) is 0.467. The van der Waals surface area contributed by atoms with Crippen LogP contribution in [-0.2, 0) is 0 Å². The Morgan fingerprint density at radius 3 is 2.74 bits per heavy atom. The standard InChI is InChI=1S/C15H21NO3/c1-3-5-8-12(4-2)19-13-9-6-7-11(10-16)14(13)15(17)18/h6-7,9-10,12,16H,3-5,8H2,1-2H3,(H,17,18). The van der Waals surface area contributed by atoms with E-state index in [9.17, 15) is 9.90 Å². The fourth-order valence-electron chi connectivity index (χ4n) is 1.95. The zero-order chi connectivity index (χ0) is 14.3. The van der Waals surface area contributed by atoms with Gasteiger partial charge in [0.05, 0.1) is 6.10 Å². The molecule has 4 heteroatoms. The SMILES string of the molecule is CCCCC(CC)Oc1cccc(C=N)c1C(=O)O. The minimum Gasteiger partial charge on any atom is -0.490 e. The van der Waals surface area contributed by atoms with Gasteiger partial charge < -0.3 is 15.3 Å². The molecule has 0 aliphatic carbocycles. The number of aromatic carboxylic acids is 1. The Bertz CT molecular complexity index is 443. The first-order valence-electron chi connectivity index (χ1n) is 6.67. The highest BCUT2D eigenvalue weighted by molar-refractivity contribution is 6.00. The molecule has 0 saturated carbocycles. The molecular weight excluding hydrogens is 242 g/mol. The number of hydrogen-bond donors (Lipinski definition) is 2. The Labute approximate surface area is 113 Å². The summed E-state index contributed by atoms with van der Waals surface area (Å²) >= 11 is 0. The third-order valence-electron chi connectivity index (χ3n) is 3.06. The van der Waals surface area contributed by atoms with E-state index in [0.717, 1.165) is 31.9 Å². The molecule has 1 unspecified atom stereocenters. The van der Waals surface area contributed by atoms with E-state index >= 15 is 0 Å². The van der Waals surface area contributed by atoms with Crippen molar-refractivity contribution < 1.29 is 14.6 Å². The highest BCUT2D eigenvalue weighted by Crippen LogP contribution is 2.24. The normalized spacial score (nSPS) is 11.9. The summed E-state index contributed by atoms with van der Waals surface area (Å²) in [6, 6.07) is 4.98. The summed E-state index contributed by atoms with van der Waals surface area (Å²) in [4.78, 5) is 11.3. The maximum atomic E-state index is 11.3. The van der Waals surface area contributed by atoms with Gasteiger partial charge in [-0.1, -0.05) is 38.8 Å². The molecule has 0 aliphatic rings. The summed E-state index contributed by atoms with van der Waals surface area (Å²) < 4.78 is 5.82. The number of ether oxygens (including phenoxy) is 1. The first-order chi connectivity index (χ1) is 9.13. The van der Waals surface area contributed by atoms with Crippen molar-refractivity contribution >= 4 is 12.2 Å². The largest absolute Gasteiger partial charge is 0.490 e. The Morgan fingerprint density at radius 1 is 1.47 bits per heavy atom. The second-order valence-corrected chi connectivity index (χ2v) is 4.46. The van der Waals surface area contributed by atoms with Crippen molar-refractivity contribution in [3.8, 4) is 5.75 Å². The van der Waals surface area contributed by atoms with Crippen LogP contribution in [0, 0.1) is 5.41 Å². The van der Waals surface area contributed by atoms with Crippen LogP contribution < -0.4 is 4.74 Å². The van der Waals surface area contributed by atoms with E-state index in [2.05, 4.69) is 6.92 Å². The smallest absolute Gasteiger partial charge is 0.340 e. The average molecular weight is 263 g/mol. The number of hydrogen-bond acceptors (Lipinski definition) is 3. The minimum atomic E-state index is -1.06. The summed E-state index contributed by atoms with van der Waals surface area (Å²) in [5.74, 6) is -0.698. The lowest BCUT2D eigenvalue weighted by Crippen LogP contribution is -2.17. The highest BCUT2D eigenvalue weighted by atomic mass is 16.5. The second-order valence-electron chi connectivity index (χ2n) is 4.46. The van der Waals surface area contributed by atoms with Gasteiger partial charge in [-0.2, -0.15) is 0 Å². The second kappa shape index (κ2) is 7.56. The molecule has 0 saturated heterocycles. The summed E-state index contributed by atoms with van der Waals surface area (Å²) in [5, 5.41) is 16.5. The van der Waals surface area contributed by atoms with Gasteiger partial charge in [-0.25, -0.2) is 4.79 Å². The number of carboxylic acids is 1. The maximum Gasteiger partial charge on any atom is 0.340 e. The van der Waals surface area contributed by atoms with Gasteiger partial charge in [-0.05, 0) is 18.9 Å². The van der Waals surface area contributed by atoms with Crippen molar-refractivity contribution in [3.05, 3.63) is 29.3 Å². The molecule has 0 radical (unpaired) electrons. The van der Waals surface area contributed by atoms with Crippen LogP contribution in [0.1, 0.15) is 55.5 Å². The lowest BCUT2D eigenvalue weighted by molar-refractivity contribution is 0.0688. The third kappa shape index (κ3) is 4.09. The average Bonchev–Trinajstić information content (AvgIpc) is 2.42. The van der Waals surface area contributed by atoms with E-state index < -0.39 is 5.97 Å². The van der Waals surface area contributed by atoms with Crippen LogP contribution in [0.25, 0.3) is 0 Å². The third-order valence-corrected chi connectivity index (χ3v) is 3.06. The molecule has 1 atom stereocenters. The molecule has 0 heterocycles. The number of benzene rings is 1. The molecule has 0 aromatic heterocycles. The first kappa shape index (κ1) is 15.2. The van der Waals surface area contributed by atoms with Gasteiger partial charge in [0.25, 0.3) is 0 Å². The predicted octanol–water partition coefficient (Wildman–Crippen LogP) is 3.73. The van der Waals surface area contributed by atoms with Gasteiger partial charge in [0.2, 0.25) is 0 Å². The summed E-state index contributed by atoms with van der Waals surface area (Å²) in [5.41, 5.74) is 0.447. The molecular formula is C15H21NO3. The molecule has 2 N–H and O–H groups in total. The molecule has 19 heavy (non-hydrogen) atoms. The Kier molecular flexibility index (Phi) is 6.06. The number of rotatable bonds is 8. The molecule has 1 aromatic rings. The summed E-state index contributed by atoms with van der Waals surface area (Å²) in [6.45, 7) is 4.15.